The normalized spacial score (nSPS) is 31.4. The smallest absolute Gasteiger partial charge is 0.312 e. The highest BCUT2D eigenvalue weighted by atomic mass is 32.2. The van der Waals surface area contributed by atoms with Crippen LogP contribution in [0.2, 0.25) is 0 Å². The van der Waals surface area contributed by atoms with Gasteiger partial charge in [0.2, 0.25) is 0 Å². The van der Waals surface area contributed by atoms with Crippen LogP contribution in [0, 0.1) is 11.8 Å². The van der Waals surface area contributed by atoms with Crippen LogP contribution >= 0.6 is 11.8 Å². The molecule has 2 aliphatic rings. The van der Waals surface area contributed by atoms with Crippen LogP contribution in [0.5, 0.6) is 0 Å². The summed E-state index contributed by atoms with van der Waals surface area (Å²) in [5.41, 5.74) is 0. The van der Waals surface area contributed by atoms with Crippen LogP contribution in [-0.2, 0) is 19.1 Å². The number of thioether (sulfide) groups is 1. The first-order valence-corrected chi connectivity index (χ1v) is 8.43. The average Bonchev–Trinajstić information content (AvgIpc) is 3.02. The Morgan fingerprint density at radius 3 is 2.60 bits per heavy atom. The molecule has 0 aromatic carbocycles. The van der Waals surface area contributed by atoms with Gasteiger partial charge in [0, 0.05) is 5.75 Å². The highest BCUT2D eigenvalue weighted by molar-refractivity contribution is 7.99. The molecule has 1 N–H and O–H groups in total. The molecule has 6 heteroatoms. The minimum absolute atomic E-state index is 0.263. The number of carbonyl (C=O) groups is 2. The topological polar surface area (TPSA) is 72.8 Å². The third-order valence-corrected chi connectivity index (χ3v) is 4.98. The van der Waals surface area contributed by atoms with Gasteiger partial charge < -0.3 is 14.6 Å². The number of hydrogen-bond acceptors (Lipinski definition) is 5. The number of unbranched alkanes of at least 4 members (excludes halogenated alkanes) is 1. The summed E-state index contributed by atoms with van der Waals surface area (Å²) in [6.45, 7) is 2.50. The monoisotopic (exact) mass is 302 g/mol. The maximum atomic E-state index is 12.1. The second-order valence-electron chi connectivity index (χ2n) is 5.31. The molecule has 0 aromatic heterocycles. The van der Waals surface area contributed by atoms with Gasteiger partial charge in [-0.2, -0.15) is 11.8 Å². The van der Waals surface area contributed by atoms with E-state index in [1.807, 2.05) is 0 Å². The zero-order valence-electron chi connectivity index (χ0n) is 11.7. The molecule has 114 valence electrons. The summed E-state index contributed by atoms with van der Waals surface area (Å²) in [5.74, 6) is -0.855. The largest absolute Gasteiger partial charge is 0.481 e. The van der Waals surface area contributed by atoms with Crippen molar-refractivity contribution in [2.75, 3.05) is 18.1 Å². The number of aliphatic carboxylic acids is 1. The molecule has 2 heterocycles. The van der Waals surface area contributed by atoms with Gasteiger partial charge in [-0.05, 0) is 25.0 Å². The van der Waals surface area contributed by atoms with Gasteiger partial charge in [-0.25, -0.2) is 0 Å². The molecule has 20 heavy (non-hydrogen) atoms. The van der Waals surface area contributed by atoms with E-state index < -0.39 is 23.8 Å². The third kappa shape index (κ3) is 3.47. The van der Waals surface area contributed by atoms with E-state index in [1.165, 1.54) is 6.42 Å². The molecule has 0 radical (unpaired) electrons. The van der Waals surface area contributed by atoms with Crippen molar-refractivity contribution in [1.29, 1.82) is 0 Å². The summed E-state index contributed by atoms with van der Waals surface area (Å²) in [6.07, 6.45) is 3.25. The van der Waals surface area contributed by atoms with Crippen molar-refractivity contribution in [2.45, 2.75) is 44.8 Å². The van der Waals surface area contributed by atoms with E-state index in [2.05, 4.69) is 6.92 Å². The molecule has 2 rings (SSSR count). The fourth-order valence-corrected chi connectivity index (χ4v) is 3.84. The Hall–Kier alpha value is -0.750. The predicted octanol–water partition coefficient (Wildman–Crippen LogP) is 1.94. The van der Waals surface area contributed by atoms with Gasteiger partial charge in [0.1, 0.15) is 6.61 Å². The minimum Gasteiger partial charge on any atom is -0.481 e. The Morgan fingerprint density at radius 2 is 1.95 bits per heavy atom. The van der Waals surface area contributed by atoms with E-state index in [0.29, 0.717) is 6.61 Å². The van der Waals surface area contributed by atoms with Crippen LogP contribution in [0.3, 0.4) is 0 Å². The number of esters is 1. The van der Waals surface area contributed by atoms with Crippen molar-refractivity contribution in [3.63, 3.8) is 0 Å². The van der Waals surface area contributed by atoms with Gasteiger partial charge in [-0.3, -0.25) is 9.59 Å². The van der Waals surface area contributed by atoms with Crippen molar-refractivity contribution in [2.24, 2.45) is 11.8 Å². The average molecular weight is 302 g/mol. The van der Waals surface area contributed by atoms with Crippen molar-refractivity contribution in [3.8, 4) is 0 Å². The van der Waals surface area contributed by atoms with Crippen LogP contribution < -0.4 is 0 Å². The summed E-state index contributed by atoms with van der Waals surface area (Å²) in [5, 5.41) is 9.23. The van der Waals surface area contributed by atoms with Gasteiger partial charge in [-0.15, -0.1) is 0 Å². The van der Waals surface area contributed by atoms with Crippen molar-refractivity contribution < 1.29 is 24.2 Å². The lowest BCUT2D eigenvalue weighted by Crippen LogP contribution is -2.39. The number of carbonyl (C=O) groups excluding carboxylic acids is 1. The highest BCUT2D eigenvalue weighted by Crippen LogP contribution is 2.44. The van der Waals surface area contributed by atoms with E-state index >= 15 is 0 Å². The summed E-state index contributed by atoms with van der Waals surface area (Å²) >= 11 is 1.76. The number of fused-ring (bicyclic) bond motifs is 2. The lowest BCUT2D eigenvalue weighted by Gasteiger charge is -2.23. The second kappa shape index (κ2) is 7.31. The molecule has 0 saturated carbocycles. The SMILES string of the molecule is CCCCSCCOC(=O)[C@H]1[C@@H](C(=O)O)[C@@H]2CC[C@H]1O2. The van der Waals surface area contributed by atoms with Gasteiger partial charge >= 0.3 is 11.9 Å². The van der Waals surface area contributed by atoms with Crippen LogP contribution in [-0.4, -0.2) is 47.4 Å². The summed E-state index contributed by atoms with van der Waals surface area (Å²) < 4.78 is 10.8. The fourth-order valence-electron chi connectivity index (χ4n) is 2.94. The summed E-state index contributed by atoms with van der Waals surface area (Å²) in [6, 6.07) is 0. The van der Waals surface area contributed by atoms with Crippen molar-refractivity contribution in [3.05, 3.63) is 0 Å². The Morgan fingerprint density at radius 1 is 1.25 bits per heavy atom. The summed E-state index contributed by atoms with van der Waals surface area (Å²) in [4.78, 5) is 23.3. The van der Waals surface area contributed by atoms with E-state index in [4.69, 9.17) is 9.47 Å². The van der Waals surface area contributed by atoms with Crippen LogP contribution in [0.4, 0.5) is 0 Å². The Balaban J connectivity index is 1.75. The van der Waals surface area contributed by atoms with E-state index in [-0.39, 0.29) is 12.2 Å². The molecule has 0 aromatic rings. The molecule has 0 amide bonds. The first-order chi connectivity index (χ1) is 9.65. The summed E-state index contributed by atoms with van der Waals surface area (Å²) in [7, 11) is 0. The van der Waals surface area contributed by atoms with E-state index in [9.17, 15) is 14.7 Å². The first-order valence-electron chi connectivity index (χ1n) is 7.27. The lowest BCUT2D eigenvalue weighted by atomic mass is 9.79. The molecular formula is C14H22O5S. The molecule has 4 atom stereocenters. The van der Waals surface area contributed by atoms with E-state index in [0.717, 1.165) is 30.8 Å². The standard InChI is InChI=1S/C14H22O5S/c1-2-3-7-20-8-6-18-14(17)12-10-5-4-9(19-10)11(12)13(15)16/h9-12H,2-8H2,1H3,(H,15,16)/t9-,10+,11-,12+/m0/s1. The van der Waals surface area contributed by atoms with Gasteiger partial charge in [-0.1, -0.05) is 13.3 Å². The van der Waals surface area contributed by atoms with Crippen LogP contribution in [0.15, 0.2) is 0 Å². The van der Waals surface area contributed by atoms with Gasteiger partial charge in [0.15, 0.2) is 0 Å². The molecule has 0 unspecified atom stereocenters. The number of ether oxygens (including phenoxy) is 2. The van der Waals surface area contributed by atoms with Crippen LogP contribution in [0.1, 0.15) is 32.6 Å². The number of carboxylic acid groups (broad SMARTS) is 1. The van der Waals surface area contributed by atoms with Crippen molar-refractivity contribution in [1.82, 2.24) is 0 Å². The fraction of sp³-hybridized carbons (Fsp3) is 0.857. The quantitative estimate of drug-likeness (QED) is 0.546. The predicted molar refractivity (Wildman–Crippen MR) is 75.7 cm³/mol. The Labute approximate surface area is 123 Å². The number of rotatable bonds is 8. The number of hydrogen-bond donors (Lipinski definition) is 1. The number of carboxylic acids is 1. The minimum atomic E-state index is -0.948. The molecular weight excluding hydrogens is 280 g/mol. The molecule has 0 spiro atoms. The molecule has 5 nitrogen and oxygen atoms in total. The maximum Gasteiger partial charge on any atom is 0.312 e. The maximum absolute atomic E-state index is 12.1. The second-order valence-corrected chi connectivity index (χ2v) is 6.54. The van der Waals surface area contributed by atoms with Crippen molar-refractivity contribution >= 4 is 23.7 Å². The molecule has 0 aliphatic carbocycles. The van der Waals surface area contributed by atoms with Crippen LogP contribution in [0.25, 0.3) is 0 Å². The third-order valence-electron chi connectivity index (χ3n) is 3.94. The van der Waals surface area contributed by atoms with Gasteiger partial charge in [0.25, 0.3) is 0 Å². The Kier molecular flexibility index (Phi) is 5.72. The molecule has 2 saturated heterocycles. The van der Waals surface area contributed by atoms with E-state index in [1.54, 1.807) is 11.8 Å². The molecule has 2 bridgehead atoms. The Bertz CT molecular complexity index is 359. The first kappa shape index (κ1) is 15.6. The molecule has 2 fully saturated rings. The zero-order valence-corrected chi connectivity index (χ0v) is 12.6. The highest BCUT2D eigenvalue weighted by Gasteiger charge is 2.56. The zero-order chi connectivity index (χ0) is 14.5. The lowest BCUT2D eigenvalue weighted by molar-refractivity contribution is -0.157. The molecule has 2 aliphatic heterocycles. The van der Waals surface area contributed by atoms with Gasteiger partial charge in [0.05, 0.1) is 24.0 Å².